The number of hydrogen-bond acceptors (Lipinski definition) is 3. The molecule has 3 nitrogen and oxygen atoms in total. The van der Waals surface area contributed by atoms with E-state index in [2.05, 4.69) is 9.97 Å². The summed E-state index contributed by atoms with van der Waals surface area (Å²) in [6, 6.07) is 11.4. The van der Waals surface area contributed by atoms with Crippen LogP contribution < -0.4 is 0 Å². The zero-order valence-corrected chi connectivity index (χ0v) is 13.8. The molecular formula is C21H20N2O. The maximum Gasteiger partial charge on any atom is 0.227 e. The Balaban J connectivity index is 1.99. The van der Waals surface area contributed by atoms with Gasteiger partial charge in [0.25, 0.3) is 0 Å². The maximum absolute atomic E-state index is 8.42. The number of para-hydroxylation sites is 1. The van der Waals surface area contributed by atoms with E-state index in [0.717, 1.165) is 22.0 Å². The van der Waals surface area contributed by atoms with Crippen LogP contribution in [0.1, 0.15) is 42.0 Å². The number of rotatable bonds is 2. The van der Waals surface area contributed by atoms with Crippen molar-refractivity contribution < 1.29 is 9.90 Å². The van der Waals surface area contributed by atoms with Crippen LogP contribution in [0.4, 0.5) is 0 Å². The molecule has 24 heavy (non-hydrogen) atoms. The fourth-order valence-corrected chi connectivity index (χ4v) is 2.99. The van der Waals surface area contributed by atoms with Gasteiger partial charge in [0.2, 0.25) is 5.71 Å². The quantitative estimate of drug-likeness (QED) is 0.469. The van der Waals surface area contributed by atoms with Crippen LogP contribution in [0.3, 0.4) is 0 Å². The van der Waals surface area contributed by atoms with Gasteiger partial charge in [-0.2, -0.15) is 0 Å². The molecule has 0 fully saturated rings. The Kier molecular flexibility index (Phi) is 2.49. The molecule has 0 N–H and O–H groups in total. The van der Waals surface area contributed by atoms with E-state index in [9.17, 15) is 0 Å². The van der Waals surface area contributed by atoms with Crippen molar-refractivity contribution in [2.45, 2.75) is 33.5 Å². The number of nitrogens with zero attached hydrogens (tertiary/aromatic N) is 2. The predicted octanol–water partition coefficient (Wildman–Crippen LogP) is 5.78. The maximum atomic E-state index is 8.42. The van der Waals surface area contributed by atoms with Crippen molar-refractivity contribution in [1.29, 1.82) is 0 Å². The van der Waals surface area contributed by atoms with Crippen LogP contribution in [0.2, 0.25) is 0 Å². The summed E-state index contributed by atoms with van der Waals surface area (Å²) in [4.78, 5) is 8.86. The Hall–Kier alpha value is -2.68. The first-order valence-corrected chi connectivity index (χ1v) is 7.86. The predicted molar refractivity (Wildman–Crippen MR) is 98.3 cm³/mol. The third kappa shape index (κ3) is 2.28. The van der Waals surface area contributed by atoms with Crippen molar-refractivity contribution >= 4 is 22.1 Å². The van der Waals surface area contributed by atoms with Gasteiger partial charge < -0.3 is 4.42 Å². The van der Waals surface area contributed by atoms with E-state index in [-0.39, 0.29) is 5.56 Å². The molecule has 3 heterocycles. The Morgan fingerprint density at radius 3 is 2.83 bits per heavy atom. The van der Waals surface area contributed by atoms with Crippen molar-refractivity contribution in [3.63, 3.8) is 0 Å². The molecule has 0 spiro atoms. The molecule has 0 saturated carbocycles. The third-order valence-corrected chi connectivity index (χ3v) is 4.22. The molecule has 0 aliphatic heterocycles. The molecule has 0 amide bonds. The van der Waals surface area contributed by atoms with Crippen molar-refractivity contribution in [2.24, 2.45) is 0 Å². The molecule has 4 aromatic rings. The number of fused-ring (bicyclic) bond motifs is 3. The normalized spacial score (nSPS) is 15.1. The van der Waals surface area contributed by atoms with Crippen LogP contribution in [0.5, 0.6) is 0 Å². The number of benzene rings is 1. The molecule has 0 atom stereocenters. The Labute approximate surface area is 147 Å². The minimum atomic E-state index is -2.33. The second kappa shape index (κ2) is 5.45. The van der Waals surface area contributed by atoms with Gasteiger partial charge in [0, 0.05) is 33.7 Å². The monoisotopic (exact) mass is 320 g/mol. The first kappa shape index (κ1) is 11.0. The highest BCUT2D eigenvalue weighted by molar-refractivity contribution is 6.08. The van der Waals surface area contributed by atoms with Crippen molar-refractivity contribution in [2.75, 3.05) is 0 Å². The largest absolute Gasteiger partial charge is 0.437 e. The summed E-state index contributed by atoms with van der Waals surface area (Å²) in [5.74, 6) is -1.08. The number of pyridine rings is 2. The average molecular weight is 320 g/mol. The van der Waals surface area contributed by atoms with E-state index < -0.39 is 12.7 Å². The van der Waals surface area contributed by atoms with Crippen molar-refractivity contribution in [3.05, 3.63) is 59.4 Å². The summed E-state index contributed by atoms with van der Waals surface area (Å²) in [7, 11) is 0. The lowest BCUT2D eigenvalue weighted by Gasteiger charge is -2.11. The minimum absolute atomic E-state index is 0.102. The standard InChI is InChI=1S/C21H20N2O/c1-12(2)18-10-19(22-11-13(18)3)17-7-5-6-15-16-9-8-14(4)23-21(16)24-20(15)17/h5-12H,1-4H3/i3D3,12D. The SMILES string of the molecule is [2H]C([2H])([2H])c1cnc(-c2cccc3c2oc2nc(C)ccc23)cc1C([2H])(C)C. The lowest BCUT2D eigenvalue weighted by atomic mass is 9.97. The van der Waals surface area contributed by atoms with E-state index in [0.29, 0.717) is 22.6 Å². The second-order valence-electron chi connectivity index (χ2n) is 6.20. The summed E-state index contributed by atoms with van der Waals surface area (Å²) in [5.41, 5.74) is 3.93. The van der Waals surface area contributed by atoms with Gasteiger partial charge in [-0.25, -0.2) is 4.98 Å². The summed E-state index contributed by atoms with van der Waals surface area (Å²) in [6.07, 6.45) is 1.36. The van der Waals surface area contributed by atoms with E-state index in [1.54, 1.807) is 19.9 Å². The second-order valence-corrected chi connectivity index (χ2v) is 6.20. The zero-order valence-electron chi connectivity index (χ0n) is 17.8. The highest BCUT2D eigenvalue weighted by atomic mass is 16.3. The zero-order chi connectivity index (χ0) is 20.3. The first-order chi connectivity index (χ1) is 13.1. The first-order valence-electron chi connectivity index (χ1n) is 9.86. The van der Waals surface area contributed by atoms with E-state index in [4.69, 9.17) is 9.90 Å². The number of hydrogen-bond donors (Lipinski definition) is 0. The van der Waals surface area contributed by atoms with E-state index >= 15 is 0 Å². The van der Waals surface area contributed by atoms with E-state index in [1.165, 1.54) is 6.20 Å². The Morgan fingerprint density at radius 1 is 1.17 bits per heavy atom. The molecule has 0 aliphatic rings. The minimum Gasteiger partial charge on any atom is -0.437 e. The van der Waals surface area contributed by atoms with Crippen LogP contribution in [0.25, 0.3) is 33.3 Å². The lowest BCUT2D eigenvalue weighted by Crippen LogP contribution is -1.95. The fraction of sp³-hybridized carbons (Fsp3) is 0.238. The van der Waals surface area contributed by atoms with Gasteiger partial charge in [-0.05, 0) is 55.1 Å². The number of aryl methyl sites for hydroxylation is 2. The van der Waals surface area contributed by atoms with Crippen LogP contribution in [-0.2, 0) is 0 Å². The third-order valence-electron chi connectivity index (χ3n) is 4.22. The molecule has 0 aliphatic carbocycles. The van der Waals surface area contributed by atoms with Gasteiger partial charge in [0.15, 0.2) is 0 Å². The highest BCUT2D eigenvalue weighted by Crippen LogP contribution is 2.35. The summed E-state index contributed by atoms with van der Waals surface area (Å²) in [5, 5.41) is 1.84. The summed E-state index contributed by atoms with van der Waals surface area (Å²) in [6.45, 7) is 2.93. The average Bonchev–Trinajstić information content (AvgIpc) is 2.97. The molecule has 0 radical (unpaired) electrons. The molecule has 0 bridgehead atoms. The molecule has 0 unspecified atom stereocenters. The molecule has 4 rings (SSSR count). The number of furan rings is 1. The lowest BCUT2D eigenvalue weighted by molar-refractivity contribution is 0.653. The van der Waals surface area contributed by atoms with E-state index in [1.807, 2.05) is 37.3 Å². The Morgan fingerprint density at radius 2 is 2.04 bits per heavy atom. The van der Waals surface area contributed by atoms with Gasteiger partial charge in [-0.3, -0.25) is 4.98 Å². The summed E-state index contributed by atoms with van der Waals surface area (Å²) >= 11 is 0. The van der Waals surface area contributed by atoms with Crippen LogP contribution in [0, 0.1) is 13.8 Å². The smallest absolute Gasteiger partial charge is 0.227 e. The topological polar surface area (TPSA) is 38.9 Å². The molecular weight excluding hydrogens is 296 g/mol. The van der Waals surface area contributed by atoms with Gasteiger partial charge >= 0.3 is 0 Å². The van der Waals surface area contributed by atoms with Gasteiger partial charge in [-0.1, -0.05) is 26.0 Å². The van der Waals surface area contributed by atoms with Crippen molar-refractivity contribution in [1.82, 2.24) is 9.97 Å². The molecule has 0 saturated heterocycles. The highest BCUT2D eigenvalue weighted by Gasteiger charge is 2.15. The van der Waals surface area contributed by atoms with Crippen LogP contribution in [0.15, 0.2) is 47.0 Å². The van der Waals surface area contributed by atoms with Crippen LogP contribution >= 0.6 is 0 Å². The molecule has 1 aromatic carbocycles. The molecule has 3 aromatic heterocycles. The van der Waals surface area contributed by atoms with Gasteiger partial charge in [-0.15, -0.1) is 0 Å². The van der Waals surface area contributed by atoms with Gasteiger partial charge in [0.1, 0.15) is 5.58 Å². The fourth-order valence-electron chi connectivity index (χ4n) is 2.99. The van der Waals surface area contributed by atoms with Crippen LogP contribution in [-0.4, -0.2) is 9.97 Å². The Bertz CT molecular complexity index is 1200. The van der Waals surface area contributed by atoms with Gasteiger partial charge in [0.05, 0.1) is 5.69 Å². The number of aromatic nitrogens is 2. The summed E-state index contributed by atoms with van der Waals surface area (Å²) < 4.78 is 37.8. The molecule has 3 heteroatoms. The van der Waals surface area contributed by atoms with Crippen molar-refractivity contribution in [3.8, 4) is 11.3 Å². The molecule has 120 valence electrons.